The quantitative estimate of drug-likeness (QED) is 0.794. The maximum atomic E-state index is 5.52. The largest absolute Gasteiger partial charge is 0.381 e. The summed E-state index contributed by atoms with van der Waals surface area (Å²) in [6.07, 6.45) is 1.70. The molecule has 0 aliphatic carbocycles. The van der Waals surface area contributed by atoms with Crippen molar-refractivity contribution in [2.75, 3.05) is 5.73 Å². The molecule has 0 spiro atoms. The van der Waals surface area contributed by atoms with E-state index in [1.807, 2.05) is 12.1 Å². The van der Waals surface area contributed by atoms with Gasteiger partial charge in [-0.05, 0) is 23.1 Å². The van der Waals surface area contributed by atoms with E-state index in [-0.39, 0.29) is 5.41 Å². The molecule has 0 radical (unpaired) electrons. The van der Waals surface area contributed by atoms with Gasteiger partial charge in [0.1, 0.15) is 0 Å². The number of aromatic nitrogens is 3. The monoisotopic (exact) mass is 216 g/mol. The molecule has 2 aromatic rings. The molecule has 0 amide bonds. The molecular formula is C12H16N4. The van der Waals surface area contributed by atoms with Crippen molar-refractivity contribution in [3.63, 3.8) is 0 Å². The fraction of sp³-hybridized carbons (Fsp3) is 0.333. The lowest BCUT2D eigenvalue weighted by atomic mass is 9.87. The van der Waals surface area contributed by atoms with Gasteiger partial charge in [-0.1, -0.05) is 38.1 Å². The SMILES string of the molecule is CC(C)(C)c1ccc(-n2cc(N)nn2)cc1. The van der Waals surface area contributed by atoms with Crippen LogP contribution in [0.4, 0.5) is 5.82 Å². The van der Waals surface area contributed by atoms with Crippen LogP contribution in [0.2, 0.25) is 0 Å². The highest BCUT2D eigenvalue weighted by molar-refractivity contribution is 5.37. The lowest BCUT2D eigenvalue weighted by molar-refractivity contribution is 0.590. The molecule has 84 valence electrons. The van der Waals surface area contributed by atoms with Crippen LogP contribution < -0.4 is 5.73 Å². The Morgan fingerprint density at radius 2 is 1.75 bits per heavy atom. The molecule has 0 unspecified atom stereocenters. The van der Waals surface area contributed by atoms with Crippen molar-refractivity contribution >= 4 is 5.82 Å². The second-order valence-electron chi connectivity index (χ2n) is 4.88. The molecule has 4 nitrogen and oxygen atoms in total. The summed E-state index contributed by atoms with van der Waals surface area (Å²) in [7, 11) is 0. The van der Waals surface area contributed by atoms with Gasteiger partial charge in [-0.15, -0.1) is 5.10 Å². The molecule has 0 atom stereocenters. The molecule has 0 saturated heterocycles. The number of rotatable bonds is 1. The Hall–Kier alpha value is -1.84. The Kier molecular flexibility index (Phi) is 2.42. The summed E-state index contributed by atoms with van der Waals surface area (Å²) in [6.45, 7) is 6.57. The highest BCUT2D eigenvalue weighted by Gasteiger charge is 2.13. The molecule has 1 aromatic carbocycles. The molecule has 4 heteroatoms. The lowest BCUT2D eigenvalue weighted by Gasteiger charge is -2.18. The second-order valence-corrected chi connectivity index (χ2v) is 4.88. The van der Waals surface area contributed by atoms with Crippen LogP contribution in [-0.2, 0) is 5.41 Å². The molecule has 16 heavy (non-hydrogen) atoms. The summed E-state index contributed by atoms with van der Waals surface area (Å²) in [5.74, 6) is 0.430. The number of nitrogens with two attached hydrogens (primary N) is 1. The van der Waals surface area contributed by atoms with Gasteiger partial charge in [0.15, 0.2) is 5.82 Å². The highest BCUT2D eigenvalue weighted by atomic mass is 15.4. The third-order valence-electron chi connectivity index (χ3n) is 2.51. The first-order chi connectivity index (χ1) is 7.47. The average Bonchev–Trinajstić information content (AvgIpc) is 2.64. The van der Waals surface area contributed by atoms with E-state index in [4.69, 9.17) is 5.73 Å². The highest BCUT2D eigenvalue weighted by Crippen LogP contribution is 2.22. The molecule has 1 aromatic heterocycles. The van der Waals surface area contributed by atoms with E-state index in [0.717, 1.165) is 5.69 Å². The summed E-state index contributed by atoms with van der Waals surface area (Å²) in [4.78, 5) is 0. The summed E-state index contributed by atoms with van der Waals surface area (Å²) >= 11 is 0. The van der Waals surface area contributed by atoms with Crippen LogP contribution in [0.5, 0.6) is 0 Å². The number of hydrogen-bond acceptors (Lipinski definition) is 3. The van der Waals surface area contributed by atoms with E-state index < -0.39 is 0 Å². The minimum atomic E-state index is 0.167. The van der Waals surface area contributed by atoms with Crippen molar-refractivity contribution in [1.29, 1.82) is 0 Å². The van der Waals surface area contributed by atoms with E-state index in [1.165, 1.54) is 5.56 Å². The second kappa shape index (κ2) is 3.63. The van der Waals surface area contributed by atoms with Gasteiger partial charge in [0.25, 0.3) is 0 Å². The zero-order valence-corrected chi connectivity index (χ0v) is 9.81. The van der Waals surface area contributed by atoms with Gasteiger partial charge in [0.2, 0.25) is 0 Å². The summed E-state index contributed by atoms with van der Waals surface area (Å²) in [6, 6.07) is 8.25. The van der Waals surface area contributed by atoms with E-state index in [9.17, 15) is 0 Å². The first-order valence-electron chi connectivity index (χ1n) is 5.25. The predicted octanol–water partition coefficient (Wildman–Crippen LogP) is 2.15. The third-order valence-corrected chi connectivity index (χ3v) is 2.51. The molecule has 0 bridgehead atoms. The van der Waals surface area contributed by atoms with Gasteiger partial charge >= 0.3 is 0 Å². The molecule has 2 N–H and O–H groups in total. The maximum Gasteiger partial charge on any atom is 0.166 e. The normalized spacial score (nSPS) is 11.7. The van der Waals surface area contributed by atoms with Crippen molar-refractivity contribution in [2.24, 2.45) is 0 Å². The van der Waals surface area contributed by atoms with Gasteiger partial charge in [-0.25, -0.2) is 4.68 Å². The zero-order valence-electron chi connectivity index (χ0n) is 9.81. The molecule has 0 fully saturated rings. The summed E-state index contributed by atoms with van der Waals surface area (Å²) in [5, 5.41) is 7.67. The standard InChI is InChI=1S/C12H16N4/c1-12(2,3)9-4-6-10(7-5-9)16-8-11(13)14-15-16/h4-8H,13H2,1-3H3. The van der Waals surface area contributed by atoms with Crippen molar-refractivity contribution in [3.8, 4) is 5.69 Å². The molecule has 2 rings (SSSR count). The van der Waals surface area contributed by atoms with Crippen LogP contribution in [0.25, 0.3) is 5.69 Å². The maximum absolute atomic E-state index is 5.52. The van der Waals surface area contributed by atoms with E-state index in [2.05, 4.69) is 43.2 Å². The fourth-order valence-corrected chi connectivity index (χ4v) is 1.52. The van der Waals surface area contributed by atoms with Gasteiger partial charge in [0.05, 0.1) is 11.9 Å². The number of benzene rings is 1. The van der Waals surface area contributed by atoms with Gasteiger partial charge in [-0.3, -0.25) is 0 Å². The van der Waals surface area contributed by atoms with Gasteiger partial charge < -0.3 is 5.73 Å². The topological polar surface area (TPSA) is 56.7 Å². The number of nitrogen functional groups attached to an aromatic ring is 1. The number of hydrogen-bond donors (Lipinski definition) is 1. The first-order valence-corrected chi connectivity index (χ1v) is 5.25. The first kappa shape index (κ1) is 10.7. The van der Waals surface area contributed by atoms with Crippen LogP contribution in [0.15, 0.2) is 30.5 Å². The Morgan fingerprint density at radius 1 is 1.12 bits per heavy atom. The third kappa shape index (κ3) is 2.05. The Labute approximate surface area is 95.1 Å². The lowest BCUT2D eigenvalue weighted by Crippen LogP contribution is -2.10. The smallest absolute Gasteiger partial charge is 0.166 e. The zero-order chi connectivity index (χ0) is 11.8. The van der Waals surface area contributed by atoms with E-state index in [0.29, 0.717) is 5.82 Å². The van der Waals surface area contributed by atoms with Crippen molar-refractivity contribution in [2.45, 2.75) is 26.2 Å². The van der Waals surface area contributed by atoms with Crippen LogP contribution in [-0.4, -0.2) is 15.0 Å². The van der Waals surface area contributed by atoms with Crippen molar-refractivity contribution in [1.82, 2.24) is 15.0 Å². The molecule has 0 saturated carbocycles. The summed E-state index contributed by atoms with van der Waals surface area (Å²) in [5.41, 5.74) is 7.95. The van der Waals surface area contributed by atoms with E-state index in [1.54, 1.807) is 10.9 Å². The van der Waals surface area contributed by atoms with Crippen LogP contribution >= 0.6 is 0 Å². The summed E-state index contributed by atoms with van der Waals surface area (Å²) < 4.78 is 1.67. The molecular weight excluding hydrogens is 200 g/mol. The Morgan fingerprint density at radius 3 is 2.19 bits per heavy atom. The number of nitrogens with zero attached hydrogens (tertiary/aromatic N) is 3. The van der Waals surface area contributed by atoms with Crippen LogP contribution in [0.1, 0.15) is 26.3 Å². The minimum absolute atomic E-state index is 0.167. The Balaban J connectivity index is 2.33. The van der Waals surface area contributed by atoms with Crippen LogP contribution in [0, 0.1) is 0 Å². The molecule has 0 aliphatic heterocycles. The molecule has 0 aliphatic rings. The molecule has 1 heterocycles. The van der Waals surface area contributed by atoms with Crippen molar-refractivity contribution < 1.29 is 0 Å². The van der Waals surface area contributed by atoms with Gasteiger partial charge in [0, 0.05) is 0 Å². The fourth-order valence-electron chi connectivity index (χ4n) is 1.52. The van der Waals surface area contributed by atoms with Crippen LogP contribution in [0.3, 0.4) is 0 Å². The number of anilines is 1. The Bertz CT molecular complexity index is 476. The minimum Gasteiger partial charge on any atom is -0.381 e. The van der Waals surface area contributed by atoms with E-state index >= 15 is 0 Å². The van der Waals surface area contributed by atoms with Crippen molar-refractivity contribution in [3.05, 3.63) is 36.0 Å². The van der Waals surface area contributed by atoms with Gasteiger partial charge in [-0.2, -0.15) is 0 Å². The predicted molar refractivity (Wildman–Crippen MR) is 64.5 cm³/mol. The average molecular weight is 216 g/mol.